The number of H-pyrrole nitrogens is 2. The normalized spacial score (nSPS) is 15.8. The van der Waals surface area contributed by atoms with Gasteiger partial charge in [-0.1, -0.05) is 12.1 Å². The lowest BCUT2D eigenvalue weighted by Gasteiger charge is -2.32. The number of ether oxygens (including phenoxy) is 1. The van der Waals surface area contributed by atoms with Crippen molar-refractivity contribution in [3.63, 3.8) is 0 Å². The zero-order valence-electron chi connectivity index (χ0n) is 16.1. The molecule has 3 aromatic rings. The van der Waals surface area contributed by atoms with E-state index in [1.165, 1.54) is 10.8 Å². The summed E-state index contributed by atoms with van der Waals surface area (Å²) in [5, 5.41) is 0. The summed E-state index contributed by atoms with van der Waals surface area (Å²) in [6.07, 6.45) is 3.03. The minimum Gasteiger partial charge on any atom is -0.497 e. The van der Waals surface area contributed by atoms with E-state index in [0.717, 1.165) is 22.7 Å². The summed E-state index contributed by atoms with van der Waals surface area (Å²) in [4.78, 5) is 48.0. The van der Waals surface area contributed by atoms with Crippen molar-refractivity contribution in [3.05, 3.63) is 80.1 Å². The van der Waals surface area contributed by atoms with Gasteiger partial charge in [-0.25, -0.2) is 9.78 Å². The highest BCUT2D eigenvalue weighted by atomic mass is 16.5. The predicted octanol–water partition coefficient (Wildman–Crippen LogP) is 0.751. The fraction of sp³-hybridized carbons (Fsp3) is 0.300. The van der Waals surface area contributed by atoms with Gasteiger partial charge < -0.3 is 14.6 Å². The molecule has 1 aliphatic rings. The maximum atomic E-state index is 13.0. The molecule has 9 nitrogen and oxygen atoms in total. The lowest BCUT2D eigenvalue weighted by molar-refractivity contribution is -0.133. The van der Waals surface area contributed by atoms with Crippen molar-refractivity contribution in [2.75, 3.05) is 13.7 Å². The van der Waals surface area contributed by atoms with Crippen LogP contribution in [0, 0.1) is 6.92 Å². The smallest absolute Gasteiger partial charge is 0.328 e. The number of hydrogen-bond donors (Lipinski definition) is 2. The third-order valence-electron chi connectivity index (χ3n) is 5.18. The standard InChI is InChI=1S/C20H21N5O4/c1-12-7-25(20(28)23-19(12)27)10-17(26)24-8-15(18-16(9-24)21-11-22-18)13-4-3-5-14(6-13)29-2/h3-7,11,15H,8-10H2,1-2H3,(H,21,22)(H,23,27,28). The molecule has 0 bridgehead atoms. The zero-order valence-corrected chi connectivity index (χ0v) is 16.1. The van der Waals surface area contributed by atoms with E-state index in [4.69, 9.17) is 4.74 Å². The summed E-state index contributed by atoms with van der Waals surface area (Å²) in [5.41, 5.74) is 2.09. The number of amides is 1. The summed E-state index contributed by atoms with van der Waals surface area (Å²) >= 11 is 0. The van der Waals surface area contributed by atoms with Crippen molar-refractivity contribution in [1.82, 2.24) is 24.4 Å². The lowest BCUT2D eigenvalue weighted by Crippen LogP contribution is -2.42. The Morgan fingerprint density at radius 1 is 1.34 bits per heavy atom. The Kier molecular flexibility index (Phi) is 4.79. The van der Waals surface area contributed by atoms with Gasteiger partial charge >= 0.3 is 5.69 Å². The molecule has 0 fully saturated rings. The van der Waals surface area contributed by atoms with Crippen LogP contribution in [0.15, 0.2) is 46.4 Å². The fourth-order valence-corrected chi connectivity index (χ4v) is 3.61. The van der Waals surface area contributed by atoms with Crippen LogP contribution in [0.3, 0.4) is 0 Å². The summed E-state index contributed by atoms with van der Waals surface area (Å²) in [5.74, 6) is 0.406. The average molecular weight is 395 g/mol. The number of nitrogens with one attached hydrogen (secondary N) is 2. The number of benzene rings is 1. The molecule has 3 heterocycles. The molecule has 0 saturated carbocycles. The molecule has 2 N–H and O–H groups in total. The third-order valence-corrected chi connectivity index (χ3v) is 5.18. The second kappa shape index (κ2) is 7.42. The Bertz CT molecular complexity index is 1180. The summed E-state index contributed by atoms with van der Waals surface area (Å²) < 4.78 is 6.55. The minimum atomic E-state index is -0.600. The molecule has 1 atom stereocenters. The van der Waals surface area contributed by atoms with Crippen LogP contribution in [0.1, 0.15) is 28.4 Å². The number of aromatic amines is 2. The van der Waals surface area contributed by atoms with E-state index in [0.29, 0.717) is 18.7 Å². The van der Waals surface area contributed by atoms with Gasteiger partial charge in [-0.3, -0.25) is 19.1 Å². The van der Waals surface area contributed by atoms with Gasteiger partial charge in [0, 0.05) is 24.2 Å². The van der Waals surface area contributed by atoms with Gasteiger partial charge in [-0.05, 0) is 24.6 Å². The van der Waals surface area contributed by atoms with E-state index in [1.807, 2.05) is 24.3 Å². The molecule has 9 heteroatoms. The lowest BCUT2D eigenvalue weighted by atomic mass is 9.90. The zero-order chi connectivity index (χ0) is 20.5. The minimum absolute atomic E-state index is 0.113. The second-order valence-electron chi connectivity index (χ2n) is 7.07. The number of carbonyl (C=O) groups is 1. The van der Waals surface area contributed by atoms with Crippen molar-refractivity contribution >= 4 is 5.91 Å². The molecular formula is C20H21N5O4. The molecular weight excluding hydrogens is 374 g/mol. The summed E-state index contributed by atoms with van der Waals surface area (Å²) in [7, 11) is 1.61. The van der Waals surface area contributed by atoms with Crippen LogP contribution in [0.4, 0.5) is 0 Å². The number of nitrogens with zero attached hydrogens (tertiary/aromatic N) is 3. The average Bonchev–Trinajstić information content (AvgIpc) is 3.20. The molecule has 1 unspecified atom stereocenters. The predicted molar refractivity (Wildman–Crippen MR) is 105 cm³/mol. The van der Waals surface area contributed by atoms with Crippen molar-refractivity contribution in [1.29, 1.82) is 0 Å². The molecule has 2 aromatic heterocycles. The molecule has 1 amide bonds. The van der Waals surface area contributed by atoms with Crippen LogP contribution < -0.4 is 16.0 Å². The van der Waals surface area contributed by atoms with Crippen molar-refractivity contribution < 1.29 is 9.53 Å². The number of rotatable bonds is 4. The Morgan fingerprint density at radius 2 is 2.17 bits per heavy atom. The first-order chi connectivity index (χ1) is 14.0. The van der Waals surface area contributed by atoms with Crippen LogP contribution in [0.5, 0.6) is 5.75 Å². The Morgan fingerprint density at radius 3 is 2.97 bits per heavy atom. The number of aryl methyl sites for hydroxylation is 1. The van der Waals surface area contributed by atoms with E-state index < -0.39 is 11.2 Å². The number of methoxy groups -OCH3 is 1. The Hall–Kier alpha value is -3.62. The molecule has 29 heavy (non-hydrogen) atoms. The highest BCUT2D eigenvalue weighted by Crippen LogP contribution is 2.33. The van der Waals surface area contributed by atoms with Crippen molar-refractivity contribution in [2.45, 2.75) is 25.9 Å². The van der Waals surface area contributed by atoms with Gasteiger partial charge in [0.1, 0.15) is 12.3 Å². The maximum absolute atomic E-state index is 13.0. The van der Waals surface area contributed by atoms with E-state index in [9.17, 15) is 14.4 Å². The van der Waals surface area contributed by atoms with Gasteiger partial charge in [0.2, 0.25) is 5.91 Å². The molecule has 0 aliphatic carbocycles. The molecule has 1 aliphatic heterocycles. The highest BCUT2D eigenvalue weighted by molar-refractivity contribution is 5.76. The van der Waals surface area contributed by atoms with Gasteiger partial charge in [-0.2, -0.15) is 0 Å². The first-order valence-corrected chi connectivity index (χ1v) is 9.20. The molecule has 0 radical (unpaired) electrons. The van der Waals surface area contributed by atoms with E-state index in [-0.39, 0.29) is 18.4 Å². The van der Waals surface area contributed by atoms with Gasteiger partial charge in [0.15, 0.2) is 0 Å². The number of hydrogen-bond acceptors (Lipinski definition) is 5. The van der Waals surface area contributed by atoms with E-state index in [2.05, 4.69) is 15.0 Å². The largest absolute Gasteiger partial charge is 0.497 e. The van der Waals surface area contributed by atoms with Gasteiger partial charge in [0.05, 0.1) is 31.4 Å². The van der Waals surface area contributed by atoms with Crippen molar-refractivity contribution in [3.8, 4) is 5.75 Å². The van der Waals surface area contributed by atoms with E-state index in [1.54, 1.807) is 25.3 Å². The topological polar surface area (TPSA) is 113 Å². The van der Waals surface area contributed by atoms with Gasteiger partial charge in [-0.15, -0.1) is 0 Å². The monoisotopic (exact) mass is 395 g/mol. The van der Waals surface area contributed by atoms with Crippen LogP contribution in [0.25, 0.3) is 0 Å². The third kappa shape index (κ3) is 3.58. The van der Waals surface area contributed by atoms with Crippen molar-refractivity contribution in [2.24, 2.45) is 0 Å². The fourth-order valence-electron chi connectivity index (χ4n) is 3.61. The molecule has 0 spiro atoms. The van der Waals surface area contributed by atoms with E-state index >= 15 is 0 Å². The first kappa shape index (κ1) is 18.7. The van der Waals surface area contributed by atoms with Crippen LogP contribution >= 0.6 is 0 Å². The number of aromatic nitrogens is 4. The molecule has 0 saturated heterocycles. The Labute approximate surface area is 166 Å². The number of carbonyl (C=O) groups excluding carboxylic acids is 1. The molecule has 1 aromatic carbocycles. The first-order valence-electron chi connectivity index (χ1n) is 9.20. The van der Waals surface area contributed by atoms with Crippen LogP contribution in [-0.2, 0) is 17.9 Å². The Balaban J connectivity index is 1.62. The molecule has 4 rings (SSSR count). The SMILES string of the molecule is COc1cccc(C2CN(C(=O)Cn3cc(C)c(=O)[nH]c3=O)Cc3[nH]cnc32)c1. The second-order valence-corrected chi connectivity index (χ2v) is 7.07. The summed E-state index contributed by atoms with van der Waals surface area (Å²) in [6, 6.07) is 7.69. The quantitative estimate of drug-likeness (QED) is 0.677. The van der Waals surface area contributed by atoms with Crippen LogP contribution in [0.2, 0.25) is 0 Å². The number of imidazole rings is 1. The molecule has 150 valence electrons. The van der Waals surface area contributed by atoms with Gasteiger partial charge in [0.25, 0.3) is 5.56 Å². The number of fused-ring (bicyclic) bond motifs is 1. The maximum Gasteiger partial charge on any atom is 0.328 e. The highest BCUT2D eigenvalue weighted by Gasteiger charge is 2.31. The summed E-state index contributed by atoms with van der Waals surface area (Å²) in [6.45, 7) is 2.26. The van der Waals surface area contributed by atoms with Crippen LogP contribution in [-0.4, -0.2) is 44.0 Å².